The molecule has 166 valence electrons. The third kappa shape index (κ3) is 5.05. The van der Waals surface area contributed by atoms with E-state index in [-0.39, 0.29) is 5.91 Å². The zero-order chi connectivity index (χ0) is 22.7. The van der Waals surface area contributed by atoms with Gasteiger partial charge in [0, 0.05) is 35.9 Å². The number of aromatic nitrogens is 3. The van der Waals surface area contributed by atoms with E-state index >= 15 is 0 Å². The first kappa shape index (κ1) is 22.2. The summed E-state index contributed by atoms with van der Waals surface area (Å²) in [5.41, 5.74) is 2.78. The molecule has 0 aliphatic carbocycles. The smallest absolute Gasteiger partial charge is 0.275 e. The Morgan fingerprint density at radius 3 is 2.59 bits per heavy atom. The van der Waals surface area contributed by atoms with Crippen molar-refractivity contribution in [2.45, 2.75) is 13.3 Å². The van der Waals surface area contributed by atoms with Crippen LogP contribution < -0.4 is 5.32 Å². The Morgan fingerprint density at radius 1 is 1.09 bits per heavy atom. The van der Waals surface area contributed by atoms with Crippen LogP contribution in [0.15, 0.2) is 53.1 Å². The van der Waals surface area contributed by atoms with E-state index in [0.717, 1.165) is 54.0 Å². The van der Waals surface area contributed by atoms with Gasteiger partial charge in [0.2, 0.25) is 0 Å². The highest BCUT2D eigenvalue weighted by Crippen LogP contribution is 2.17. The Hall–Kier alpha value is -3.04. The van der Waals surface area contributed by atoms with E-state index in [1.165, 1.54) is 0 Å². The van der Waals surface area contributed by atoms with Crippen molar-refractivity contribution in [2.24, 2.45) is 0 Å². The molecule has 1 aliphatic rings. The second-order valence-electron chi connectivity index (χ2n) is 7.94. The summed E-state index contributed by atoms with van der Waals surface area (Å²) >= 11 is 3.34. The molecule has 3 heterocycles. The minimum absolute atomic E-state index is 0.286. The summed E-state index contributed by atoms with van der Waals surface area (Å²) in [5, 5.41) is 15.9. The number of anilines is 1. The second-order valence-corrected chi connectivity index (χ2v) is 8.85. The molecule has 3 aromatic rings. The summed E-state index contributed by atoms with van der Waals surface area (Å²) in [4.78, 5) is 21.5. The lowest BCUT2D eigenvalue weighted by Crippen LogP contribution is -2.34. The summed E-state index contributed by atoms with van der Waals surface area (Å²) in [6.07, 6.45) is 2.68. The van der Waals surface area contributed by atoms with E-state index in [2.05, 4.69) is 48.2 Å². The van der Waals surface area contributed by atoms with Crippen molar-refractivity contribution in [1.82, 2.24) is 24.6 Å². The molecule has 8 nitrogen and oxygen atoms in total. The molecule has 0 bridgehead atoms. The zero-order valence-corrected chi connectivity index (χ0v) is 19.8. The van der Waals surface area contributed by atoms with Crippen molar-refractivity contribution in [3.63, 3.8) is 0 Å². The average molecular weight is 496 g/mol. The van der Waals surface area contributed by atoms with Gasteiger partial charge in [-0.3, -0.25) is 10.2 Å². The summed E-state index contributed by atoms with van der Waals surface area (Å²) in [6.45, 7) is 5.60. The third-order valence-corrected chi connectivity index (χ3v) is 5.92. The molecule has 1 aliphatic heterocycles. The van der Waals surface area contributed by atoms with Crippen LogP contribution in [0.3, 0.4) is 0 Å². The summed E-state index contributed by atoms with van der Waals surface area (Å²) in [6, 6.07) is 12.9. The molecule has 1 fully saturated rings. The number of carbonyl (C=O) groups excluding carboxylic acids is 1. The number of rotatable bonds is 4. The van der Waals surface area contributed by atoms with Crippen molar-refractivity contribution < 1.29 is 4.79 Å². The van der Waals surface area contributed by atoms with E-state index in [1.54, 1.807) is 23.0 Å². The number of hydrogen-bond donors (Lipinski definition) is 2. The first-order chi connectivity index (χ1) is 15.4. The Labute approximate surface area is 195 Å². The Morgan fingerprint density at radius 2 is 1.88 bits per heavy atom. The SMILES string of the molecule is Cc1cc(C(=O)Nc2ccc(Br)cn2)n(-c2ccc(C(=N)N3CCCN(C)CC3)cc2)n1. The van der Waals surface area contributed by atoms with Crippen LogP contribution in [-0.2, 0) is 0 Å². The monoisotopic (exact) mass is 495 g/mol. The first-order valence-corrected chi connectivity index (χ1v) is 11.3. The van der Waals surface area contributed by atoms with Crippen molar-refractivity contribution in [3.8, 4) is 5.69 Å². The molecule has 1 saturated heterocycles. The topological polar surface area (TPSA) is 90.1 Å². The number of pyridine rings is 1. The fourth-order valence-corrected chi connectivity index (χ4v) is 3.94. The molecular weight excluding hydrogens is 470 g/mol. The number of halogens is 1. The lowest BCUT2D eigenvalue weighted by molar-refractivity contribution is 0.101. The van der Waals surface area contributed by atoms with Crippen molar-refractivity contribution in [2.75, 3.05) is 38.5 Å². The van der Waals surface area contributed by atoms with Gasteiger partial charge in [0.15, 0.2) is 0 Å². The number of aryl methyl sites for hydroxylation is 1. The van der Waals surface area contributed by atoms with Crippen molar-refractivity contribution >= 4 is 33.5 Å². The maximum Gasteiger partial charge on any atom is 0.275 e. The molecular formula is C23H26BrN7O. The molecule has 0 radical (unpaired) electrons. The van der Waals surface area contributed by atoms with Crippen LogP contribution in [0.25, 0.3) is 5.69 Å². The molecule has 0 atom stereocenters. The van der Waals surface area contributed by atoms with Crippen LogP contribution in [0.2, 0.25) is 0 Å². The predicted octanol–water partition coefficient (Wildman–Crippen LogP) is 3.55. The molecule has 2 aromatic heterocycles. The number of amides is 1. The number of nitrogens with zero attached hydrogens (tertiary/aromatic N) is 5. The van der Waals surface area contributed by atoms with E-state index in [9.17, 15) is 4.79 Å². The number of hydrogen-bond acceptors (Lipinski definition) is 5. The van der Waals surface area contributed by atoms with Gasteiger partial charge in [-0.05, 0) is 85.3 Å². The molecule has 4 rings (SSSR count). The molecule has 0 unspecified atom stereocenters. The molecule has 1 amide bonds. The van der Waals surface area contributed by atoms with Crippen LogP contribution in [0.1, 0.15) is 28.2 Å². The van der Waals surface area contributed by atoms with Crippen LogP contribution in [-0.4, -0.2) is 69.5 Å². The maximum atomic E-state index is 12.9. The molecule has 2 N–H and O–H groups in total. The average Bonchev–Trinajstić information content (AvgIpc) is 3.05. The van der Waals surface area contributed by atoms with Gasteiger partial charge >= 0.3 is 0 Å². The lowest BCUT2D eigenvalue weighted by Gasteiger charge is -2.23. The quantitative estimate of drug-likeness (QED) is 0.426. The van der Waals surface area contributed by atoms with Crippen molar-refractivity contribution in [1.29, 1.82) is 5.41 Å². The summed E-state index contributed by atoms with van der Waals surface area (Å²) < 4.78 is 2.46. The second kappa shape index (κ2) is 9.62. The highest BCUT2D eigenvalue weighted by Gasteiger charge is 2.18. The van der Waals surface area contributed by atoms with Crippen molar-refractivity contribution in [3.05, 3.63) is 70.1 Å². The maximum absolute atomic E-state index is 12.9. The highest BCUT2D eigenvalue weighted by molar-refractivity contribution is 9.10. The Bertz CT molecular complexity index is 1110. The summed E-state index contributed by atoms with van der Waals surface area (Å²) in [7, 11) is 2.12. The summed E-state index contributed by atoms with van der Waals surface area (Å²) in [5.74, 6) is 0.712. The van der Waals surface area contributed by atoms with E-state index in [4.69, 9.17) is 5.41 Å². The van der Waals surface area contributed by atoms with E-state index in [1.807, 2.05) is 37.3 Å². The van der Waals surface area contributed by atoms with Gasteiger partial charge < -0.3 is 15.1 Å². The number of nitrogens with one attached hydrogen (secondary N) is 2. The van der Waals surface area contributed by atoms with Crippen LogP contribution in [0, 0.1) is 12.3 Å². The Balaban J connectivity index is 1.52. The molecule has 0 saturated carbocycles. The van der Waals surface area contributed by atoms with Crippen LogP contribution >= 0.6 is 15.9 Å². The standard InChI is InChI=1S/C23H26BrN7O/c1-16-14-20(23(32)27-21-9-6-18(24)15-26-21)31(28-16)19-7-4-17(5-8-19)22(25)30-11-3-10-29(2)12-13-30/h4-9,14-15,25H,3,10-13H2,1-2H3,(H,26,27,32). The molecule has 32 heavy (non-hydrogen) atoms. The molecule has 1 aromatic carbocycles. The zero-order valence-electron chi connectivity index (χ0n) is 18.2. The van der Waals surface area contributed by atoms with E-state index < -0.39 is 0 Å². The number of carbonyl (C=O) groups is 1. The van der Waals surface area contributed by atoms with Gasteiger partial charge in [-0.2, -0.15) is 5.10 Å². The predicted molar refractivity (Wildman–Crippen MR) is 129 cm³/mol. The Kier molecular flexibility index (Phi) is 6.66. The third-order valence-electron chi connectivity index (χ3n) is 5.45. The van der Waals surface area contributed by atoms with Gasteiger partial charge in [0.1, 0.15) is 17.3 Å². The van der Waals surface area contributed by atoms with Gasteiger partial charge in [-0.25, -0.2) is 9.67 Å². The van der Waals surface area contributed by atoms with Gasteiger partial charge in [0.25, 0.3) is 5.91 Å². The largest absolute Gasteiger partial charge is 0.355 e. The first-order valence-electron chi connectivity index (χ1n) is 10.5. The van der Waals surface area contributed by atoms with Gasteiger partial charge in [-0.1, -0.05) is 0 Å². The van der Waals surface area contributed by atoms with Crippen LogP contribution in [0.5, 0.6) is 0 Å². The minimum atomic E-state index is -0.286. The lowest BCUT2D eigenvalue weighted by atomic mass is 10.1. The number of benzene rings is 1. The van der Waals surface area contributed by atoms with Crippen LogP contribution in [0.4, 0.5) is 5.82 Å². The van der Waals surface area contributed by atoms with Gasteiger partial charge in [-0.15, -0.1) is 0 Å². The highest BCUT2D eigenvalue weighted by atomic mass is 79.9. The number of likely N-dealkylation sites (N-methyl/N-ethyl adjacent to an activating group) is 1. The molecule has 0 spiro atoms. The molecule has 9 heteroatoms. The fraction of sp³-hybridized carbons (Fsp3) is 0.304. The van der Waals surface area contributed by atoms with E-state index in [0.29, 0.717) is 17.3 Å². The fourth-order valence-electron chi connectivity index (χ4n) is 3.70. The number of amidine groups is 1. The normalized spacial score (nSPS) is 14.8. The van der Waals surface area contributed by atoms with Gasteiger partial charge in [0.05, 0.1) is 11.4 Å². The minimum Gasteiger partial charge on any atom is -0.355 e.